The maximum atomic E-state index is 12.9. The molecule has 0 radical (unpaired) electrons. The second kappa shape index (κ2) is 8.65. The highest BCUT2D eigenvalue weighted by molar-refractivity contribution is 5.99. The number of rotatable bonds is 6. The molecule has 0 aliphatic heterocycles. The largest absolute Gasteiger partial charge is 0.497 e. The molecule has 1 atom stereocenters. The molecule has 0 aliphatic carbocycles. The summed E-state index contributed by atoms with van der Waals surface area (Å²) in [4.78, 5) is 24.2. The van der Waals surface area contributed by atoms with Crippen molar-refractivity contribution in [1.29, 1.82) is 0 Å². The molecule has 3 rings (SSSR count). The molecule has 6 nitrogen and oxygen atoms in total. The minimum Gasteiger partial charge on any atom is -0.497 e. The molecule has 6 heteroatoms. The summed E-state index contributed by atoms with van der Waals surface area (Å²) in [5, 5.41) is 7.69. The van der Waals surface area contributed by atoms with E-state index in [-0.39, 0.29) is 17.7 Å². The molecule has 0 aromatic heterocycles. The van der Waals surface area contributed by atoms with E-state index in [4.69, 9.17) is 9.47 Å². The Morgan fingerprint density at radius 1 is 0.862 bits per heavy atom. The monoisotopic (exact) mass is 392 g/mol. The van der Waals surface area contributed by atoms with Gasteiger partial charge in [0.25, 0.3) is 0 Å². The third-order valence-corrected chi connectivity index (χ3v) is 4.74. The van der Waals surface area contributed by atoms with E-state index in [0.29, 0.717) is 17.1 Å². The maximum Gasteiger partial charge on any atom is 0.231 e. The van der Waals surface area contributed by atoms with Gasteiger partial charge in [0.1, 0.15) is 11.5 Å². The van der Waals surface area contributed by atoms with Crippen molar-refractivity contribution in [3.8, 4) is 11.5 Å². The van der Waals surface area contributed by atoms with Crippen molar-refractivity contribution in [2.75, 3.05) is 24.9 Å². The third kappa shape index (κ3) is 4.66. The van der Waals surface area contributed by atoms with Crippen LogP contribution in [0, 0.1) is 0 Å². The molecule has 2 N–H and O–H groups in total. The predicted octanol–water partition coefficient (Wildman–Crippen LogP) is 4.56. The number of amides is 2. The van der Waals surface area contributed by atoms with Crippen LogP contribution < -0.4 is 20.1 Å². The molecule has 3 aromatic rings. The van der Waals surface area contributed by atoms with Crippen LogP contribution in [-0.4, -0.2) is 26.0 Å². The first-order valence-corrected chi connectivity index (χ1v) is 9.25. The predicted molar refractivity (Wildman–Crippen MR) is 115 cm³/mol. The highest BCUT2D eigenvalue weighted by atomic mass is 16.5. The van der Waals surface area contributed by atoms with Gasteiger partial charge < -0.3 is 20.1 Å². The molecule has 0 saturated carbocycles. The molecular weight excluding hydrogens is 368 g/mol. The molecule has 150 valence electrons. The van der Waals surface area contributed by atoms with E-state index in [0.717, 1.165) is 22.1 Å². The van der Waals surface area contributed by atoms with E-state index in [9.17, 15) is 9.59 Å². The first-order chi connectivity index (χ1) is 13.9. The summed E-state index contributed by atoms with van der Waals surface area (Å²) in [5.74, 6) is 0.577. The molecular formula is C23H24N2O4. The topological polar surface area (TPSA) is 76.7 Å². The van der Waals surface area contributed by atoms with Crippen molar-refractivity contribution in [3.63, 3.8) is 0 Å². The third-order valence-electron chi connectivity index (χ3n) is 4.74. The van der Waals surface area contributed by atoms with Gasteiger partial charge in [-0.2, -0.15) is 0 Å². The van der Waals surface area contributed by atoms with Gasteiger partial charge in [0.05, 0.1) is 25.8 Å². The summed E-state index contributed by atoms with van der Waals surface area (Å²) >= 11 is 0. The summed E-state index contributed by atoms with van der Waals surface area (Å²) in [6.45, 7) is 3.28. The Morgan fingerprint density at radius 2 is 1.59 bits per heavy atom. The number of methoxy groups -OCH3 is 2. The van der Waals surface area contributed by atoms with Crippen molar-refractivity contribution in [3.05, 3.63) is 60.2 Å². The number of carbonyl (C=O) groups excluding carboxylic acids is 2. The molecule has 0 unspecified atom stereocenters. The second-order valence-electron chi connectivity index (χ2n) is 6.78. The zero-order valence-electron chi connectivity index (χ0n) is 16.9. The molecule has 2 amide bonds. The highest BCUT2D eigenvalue weighted by Gasteiger charge is 2.18. The lowest BCUT2D eigenvalue weighted by Crippen LogP contribution is -2.19. The molecule has 0 fully saturated rings. The van der Waals surface area contributed by atoms with Crippen LogP contribution in [0.3, 0.4) is 0 Å². The van der Waals surface area contributed by atoms with E-state index in [1.165, 1.54) is 14.0 Å². The fourth-order valence-electron chi connectivity index (χ4n) is 3.12. The normalized spacial score (nSPS) is 11.6. The van der Waals surface area contributed by atoms with Crippen molar-refractivity contribution in [2.24, 2.45) is 0 Å². The summed E-state index contributed by atoms with van der Waals surface area (Å²) in [5.41, 5.74) is 1.99. The average Bonchev–Trinajstić information content (AvgIpc) is 2.72. The highest BCUT2D eigenvalue weighted by Crippen LogP contribution is 2.30. The Labute approximate surface area is 169 Å². The van der Waals surface area contributed by atoms with Gasteiger partial charge in [-0.25, -0.2) is 0 Å². The van der Waals surface area contributed by atoms with E-state index in [2.05, 4.69) is 10.6 Å². The van der Waals surface area contributed by atoms with Crippen LogP contribution in [-0.2, 0) is 9.59 Å². The van der Waals surface area contributed by atoms with E-state index in [1.54, 1.807) is 25.3 Å². The lowest BCUT2D eigenvalue weighted by atomic mass is 9.97. The van der Waals surface area contributed by atoms with Crippen molar-refractivity contribution < 1.29 is 19.1 Å². The Kier molecular flexibility index (Phi) is 6.02. The van der Waals surface area contributed by atoms with Crippen molar-refractivity contribution in [2.45, 2.75) is 19.8 Å². The zero-order valence-corrected chi connectivity index (χ0v) is 16.9. The quantitative estimate of drug-likeness (QED) is 0.645. The van der Waals surface area contributed by atoms with Gasteiger partial charge in [0, 0.05) is 12.6 Å². The van der Waals surface area contributed by atoms with Crippen LogP contribution in [0.25, 0.3) is 10.8 Å². The Balaban J connectivity index is 1.83. The SMILES string of the molecule is COc1ccc2cc([C@@H](C)C(=O)Nc3cc(NC(C)=O)ccc3OC)ccc2c1. The van der Waals surface area contributed by atoms with Crippen LogP contribution in [0.15, 0.2) is 54.6 Å². The van der Waals surface area contributed by atoms with Crippen LogP contribution in [0.5, 0.6) is 11.5 Å². The number of anilines is 2. The van der Waals surface area contributed by atoms with Gasteiger partial charge in [0.2, 0.25) is 11.8 Å². The second-order valence-corrected chi connectivity index (χ2v) is 6.78. The van der Waals surface area contributed by atoms with E-state index < -0.39 is 0 Å². The summed E-state index contributed by atoms with van der Waals surface area (Å²) in [6, 6.07) is 16.9. The van der Waals surface area contributed by atoms with Gasteiger partial charge in [-0.05, 0) is 53.6 Å². The first kappa shape index (κ1) is 20.2. The maximum absolute atomic E-state index is 12.9. The summed E-state index contributed by atoms with van der Waals surface area (Å²) in [6.07, 6.45) is 0. The minimum absolute atomic E-state index is 0.170. The number of benzene rings is 3. The number of fused-ring (bicyclic) bond motifs is 1. The molecule has 0 spiro atoms. The number of hydrogen-bond acceptors (Lipinski definition) is 4. The molecule has 0 saturated heterocycles. The number of nitrogens with one attached hydrogen (secondary N) is 2. The number of carbonyl (C=O) groups is 2. The smallest absolute Gasteiger partial charge is 0.231 e. The van der Waals surface area contributed by atoms with Crippen LogP contribution >= 0.6 is 0 Å². The minimum atomic E-state index is -0.379. The molecule has 3 aromatic carbocycles. The lowest BCUT2D eigenvalue weighted by Gasteiger charge is -2.16. The van der Waals surface area contributed by atoms with Gasteiger partial charge in [-0.3, -0.25) is 9.59 Å². The van der Waals surface area contributed by atoms with E-state index in [1.807, 2.05) is 43.3 Å². The zero-order chi connectivity index (χ0) is 21.0. The Morgan fingerprint density at radius 3 is 2.28 bits per heavy atom. The average molecular weight is 392 g/mol. The van der Waals surface area contributed by atoms with Gasteiger partial charge in [-0.1, -0.05) is 24.3 Å². The molecule has 0 bridgehead atoms. The van der Waals surface area contributed by atoms with Gasteiger partial charge >= 0.3 is 0 Å². The standard InChI is InChI=1S/C23H24N2O4/c1-14(16-5-6-18-12-20(28-3)9-7-17(18)11-16)23(27)25-21-13-19(24-15(2)26)8-10-22(21)29-4/h5-14H,1-4H3,(H,24,26)(H,25,27)/t14-/m1/s1. The number of ether oxygens (including phenoxy) is 2. The number of hydrogen-bond donors (Lipinski definition) is 2. The lowest BCUT2D eigenvalue weighted by molar-refractivity contribution is -0.117. The summed E-state index contributed by atoms with van der Waals surface area (Å²) < 4.78 is 10.6. The Bertz CT molecular complexity index is 1060. The molecule has 0 heterocycles. The van der Waals surface area contributed by atoms with Crippen LogP contribution in [0.1, 0.15) is 25.3 Å². The first-order valence-electron chi connectivity index (χ1n) is 9.25. The van der Waals surface area contributed by atoms with Crippen molar-refractivity contribution >= 4 is 34.0 Å². The summed E-state index contributed by atoms with van der Waals surface area (Å²) in [7, 11) is 3.17. The fourth-order valence-corrected chi connectivity index (χ4v) is 3.12. The van der Waals surface area contributed by atoms with Gasteiger partial charge in [0.15, 0.2) is 0 Å². The fraction of sp³-hybridized carbons (Fsp3) is 0.217. The van der Waals surface area contributed by atoms with Crippen molar-refractivity contribution in [1.82, 2.24) is 0 Å². The van der Waals surface area contributed by atoms with Crippen LogP contribution in [0.2, 0.25) is 0 Å². The molecule has 0 aliphatic rings. The van der Waals surface area contributed by atoms with Crippen LogP contribution in [0.4, 0.5) is 11.4 Å². The molecule has 29 heavy (non-hydrogen) atoms. The van der Waals surface area contributed by atoms with E-state index >= 15 is 0 Å². The Hall–Kier alpha value is -3.54. The van der Waals surface area contributed by atoms with Gasteiger partial charge in [-0.15, -0.1) is 0 Å².